The van der Waals surface area contributed by atoms with Crippen molar-refractivity contribution in [2.24, 2.45) is 0 Å². The van der Waals surface area contributed by atoms with E-state index in [0.29, 0.717) is 38.7 Å². The lowest BCUT2D eigenvalue weighted by Crippen LogP contribution is -2.34. The SMILES string of the molecule is O=C(Nc1ccnc2[nH]ncc12)C(Cc1ccccc1)n1cnc(-c2cc(Cl)ccc2-n2cc(Cl)nn2)cc1=O. The van der Waals surface area contributed by atoms with Crippen LogP contribution in [-0.4, -0.2) is 45.6 Å². The van der Waals surface area contributed by atoms with Gasteiger partial charge in [0.15, 0.2) is 10.8 Å². The average molecular weight is 572 g/mol. The quantitative estimate of drug-likeness (QED) is 0.288. The van der Waals surface area contributed by atoms with E-state index in [2.05, 4.69) is 35.8 Å². The molecular formula is C27H19Cl2N9O2. The normalized spacial score (nSPS) is 11.9. The Balaban J connectivity index is 1.39. The number of nitrogens with one attached hydrogen (secondary N) is 2. The van der Waals surface area contributed by atoms with E-state index >= 15 is 0 Å². The Morgan fingerprint density at radius 2 is 1.90 bits per heavy atom. The summed E-state index contributed by atoms with van der Waals surface area (Å²) in [6.45, 7) is 0. The first-order chi connectivity index (χ1) is 19.5. The molecule has 0 fully saturated rings. The van der Waals surface area contributed by atoms with E-state index in [0.717, 1.165) is 5.56 Å². The van der Waals surface area contributed by atoms with Gasteiger partial charge in [-0.3, -0.25) is 19.3 Å². The Labute approximate surface area is 236 Å². The zero-order valence-electron chi connectivity index (χ0n) is 20.6. The number of nitrogens with zero attached hydrogens (tertiary/aromatic N) is 7. The van der Waals surface area contributed by atoms with Gasteiger partial charge in [-0.2, -0.15) is 5.10 Å². The van der Waals surface area contributed by atoms with Crippen LogP contribution in [0.15, 0.2) is 90.4 Å². The van der Waals surface area contributed by atoms with Crippen LogP contribution >= 0.6 is 23.2 Å². The Bertz CT molecular complexity index is 1900. The van der Waals surface area contributed by atoms with E-state index in [1.165, 1.54) is 27.8 Å². The van der Waals surface area contributed by atoms with Crippen LogP contribution in [-0.2, 0) is 11.2 Å². The first kappa shape index (κ1) is 25.4. The summed E-state index contributed by atoms with van der Waals surface area (Å²) < 4.78 is 2.79. The highest BCUT2D eigenvalue weighted by Crippen LogP contribution is 2.28. The molecule has 11 nitrogen and oxygen atoms in total. The standard InChI is InChI=1S/C27H19Cl2N9O2/c28-17-6-7-22(38-14-24(29)34-36-38)18(11-17)21-12-25(39)37(15-31-21)23(10-16-4-2-1-3-5-16)27(40)33-20-8-9-30-26-19(20)13-32-35-26/h1-9,11-15,23H,10H2,(H2,30,32,33,35,40). The van der Waals surface area contributed by atoms with Crippen molar-refractivity contribution in [3.8, 4) is 16.9 Å². The molecule has 198 valence electrons. The number of H-pyrrole nitrogens is 1. The summed E-state index contributed by atoms with van der Waals surface area (Å²) in [5.41, 5.74) is 2.98. The highest BCUT2D eigenvalue weighted by Gasteiger charge is 2.24. The number of rotatable bonds is 7. The van der Waals surface area contributed by atoms with Crippen LogP contribution in [0.3, 0.4) is 0 Å². The van der Waals surface area contributed by atoms with Crippen molar-refractivity contribution in [2.75, 3.05) is 5.32 Å². The zero-order chi connectivity index (χ0) is 27.6. The fourth-order valence-corrected chi connectivity index (χ4v) is 4.69. The topological polar surface area (TPSA) is 136 Å². The smallest absolute Gasteiger partial charge is 0.254 e. The Morgan fingerprint density at radius 1 is 1.05 bits per heavy atom. The molecular weight excluding hydrogens is 553 g/mol. The number of halogens is 2. The van der Waals surface area contributed by atoms with Gasteiger partial charge in [0.1, 0.15) is 6.04 Å². The summed E-state index contributed by atoms with van der Waals surface area (Å²) in [7, 11) is 0. The van der Waals surface area contributed by atoms with Gasteiger partial charge in [0.05, 0.1) is 41.2 Å². The number of benzene rings is 2. The second-order valence-corrected chi connectivity index (χ2v) is 9.68. The summed E-state index contributed by atoms with van der Waals surface area (Å²) in [4.78, 5) is 36.0. The van der Waals surface area contributed by atoms with Crippen LogP contribution < -0.4 is 10.9 Å². The molecule has 0 spiro atoms. The molecule has 0 radical (unpaired) electrons. The molecule has 6 aromatic rings. The Kier molecular flexibility index (Phi) is 6.81. The minimum Gasteiger partial charge on any atom is -0.323 e. The van der Waals surface area contributed by atoms with Crippen molar-refractivity contribution in [3.63, 3.8) is 0 Å². The van der Waals surface area contributed by atoms with Crippen LogP contribution in [0.25, 0.3) is 28.0 Å². The van der Waals surface area contributed by atoms with Crippen molar-refractivity contribution >= 4 is 45.8 Å². The van der Waals surface area contributed by atoms with E-state index in [1.54, 1.807) is 36.7 Å². The summed E-state index contributed by atoms with van der Waals surface area (Å²) >= 11 is 12.2. The lowest BCUT2D eigenvalue weighted by molar-refractivity contribution is -0.119. The average Bonchev–Trinajstić information content (AvgIpc) is 3.62. The van der Waals surface area contributed by atoms with Crippen LogP contribution in [0.5, 0.6) is 0 Å². The van der Waals surface area contributed by atoms with E-state index in [1.807, 2.05) is 30.3 Å². The van der Waals surface area contributed by atoms with Crippen molar-refractivity contribution < 1.29 is 4.79 Å². The second kappa shape index (κ2) is 10.7. The van der Waals surface area contributed by atoms with Crippen molar-refractivity contribution in [1.82, 2.24) is 39.7 Å². The number of amides is 1. The molecule has 1 unspecified atom stereocenters. The molecule has 0 saturated heterocycles. The molecule has 2 aromatic carbocycles. The second-order valence-electron chi connectivity index (χ2n) is 8.85. The molecule has 0 saturated carbocycles. The number of carbonyl (C=O) groups excluding carboxylic acids is 1. The molecule has 4 aromatic heterocycles. The zero-order valence-corrected chi connectivity index (χ0v) is 22.1. The van der Waals surface area contributed by atoms with E-state index in [9.17, 15) is 9.59 Å². The van der Waals surface area contributed by atoms with Gasteiger partial charge in [0.2, 0.25) is 5.91 Å². The summed E-state index contributed by atoms with van der Waals surface area (Å²) in [6.07, 6.45) is 6.30. The molecule has 2 N–H and O–H groups in total. The van der Waals surface area contributed by atoms with Gasteiger partial charge in [-0.25, -0.2) is 14.6 Å². The molecule has 4 heterocycles. The fraction of sp³-hybridized carbons (Fsp3) is 0.0741. The lowest BCUT2D eigenvalue weighted by atomic mass is 10.0. The molecule has 6 rings (SSSR count). The molecule has 40 heavy (non-hydrogen) atoms. The highest BCUT2D eigenvalue weighted by molar-refractivity contribution is 6.31. The summed E-state index contributed by atoms with van der Waals surface area (Å²) in [6, 6.07) is 16.7. The number of anilines is 1. The number of hydrogen-bond donors (Lipinski definition) is 2. The summed E-state index contributed by atoms with van der Waals surface area (Å²) in [5, 5.41) is 18.8. The van der Waals surface area contributed by atoms with Gasteiger partial charge in [-0.1, -0.05) is 58.7 Å². The highest BCUT2D eigenvalue weighted by atomic mass is 35.5. The maximum Gasteiger partial charge on any atom is 0.254 e. The Morgan fingerprint density at radius 3 is 2.67 bits per heavy atom. The number of pyridine rings is 1. The first-order valence-electron chi connectivity index (χ1n) is 12.1. The molecule has 0 aliphatic heterocycles. The van der Waals surface area contributed by atoms with Gasteiger partial charge in [0, 0.05) is 29.3 Å². The third-order valence-electron chi connectivity index (χ3n) is 6.31. The maximum atomic E-state index is 13.7. The van der Waals surface area contributed by atoms with Crippen LogP contribution in [0.2, 0.25) is 10.2 Å². The number of hydrogen-bond acceptors (Lipinski definition) is 7. The molecule has 1 amide bonds. The predicted molar refractivity (Wildman–Crippen MR) is 151 cm³/mol. The number of fused-ring (bicyclic) bond motifs is 1. The van der Waals surface area contributed by atoms with Gasteiger partial charge < -0.3 is 5.32 Å². The number of carbonyl (C=O) groups is 1. The molecule has 0 aliphatic carbocycles. The predicted octanol–water partition coefficient (Wildman–Crippen LogP) is 4.49. The van der Waals surface area contributed by atoms with Gasteiger partial charge in [-0.15, -0.1) is 5.10 Å². The number of aromatic nitrogens is 8. The van der Waals surface area contributed by atoms with E-state index < -0.39 is 17.5 Å². The van der Waals surface area contributed by atoms with Gasteiger partial charge in [-0.05, 0) is 29.8 Å². The molecule has 0 aliphatic rings. The van der Waals surface area contributed by atoms with E-state index in [-0.39, 0.29) is 11.6 Å². The minimum absolute atomic E-state index is 0.209. The van der Waals surface area contributed by atoms with Crippen molar-refractivity contribution in [3.05, 3.63) is 112 Å². The number of aromatic amines is 1. The fourth-order valence-electron chi connectivity index (χ4n) is 4.40. The van der Waals surface area contributed by atoms with Gasteiger partial charge >= 0.3 is 0 Å². The third kappa shape index (κ3) is 5.07. The molecule has 13 heteroatoms. The lowest BCUT2D eigenvalue weighted by Gasteiger charge is -2.20. The third-order valence-corrected chi connectivity index (χ3v) is 6.71. The molecule has 0 bridgehead atoms. The monoisotopic (exact) mass is 571 g/mol. The summed E-state index contributed by atoms with van der Waals surface area (Å²) in [5.74, 6) is -0.394. The van der Waals surface area contributed by atoms with Crippen LogP contribution in [0.4, 0.5) is 5.69 Å². The van der Waals surface area contributed by atoms with Gasteiger partial charge in [0.25, 0.3) is 5.56 Å². The van der Waals surface area contributed by atoms with Crippen LogP contribution in [0, 0.1) is 0 Å². The van der Waals surface area contributed by atoms with E-state index in [4.69, 9.17) is 23.2 Å². The van der Waals surface area contributed by atoms with Crippen molar-refractivity contribution in [2.45, 2.75) is 12.5 Å². The first-order valence-corrected chi connectivity index (χ1v) is 12.8. The minimum atomic E-state index is -0.903. The Hall–Kier alpha value is -4.87. The van der Waals surface area contributed by atoms with Crippen molar-refractivity contribution in [1.29, 1.82) is 0 Å². The maximum absolute atomic E-state index is 13.7. The largest absolute Gasteiger partial charge is 0.323 e. The molecule has 1 atom stereocenters. The van der Waals surface area contributed by atoms with Crippen LogP contribution in [0.1, 0.15) is 11.6 Å².